The number of nitrogens with zero attached hydrogens (tertiary/aromatic N) is 3. The summed E-state index contributed by atoms with van der Waals surface area (Å²) in [5.74, 6) is -0.390. The third kappa shape index (κ3) is 5.94. The number of amides is 1. The Kier molecular flexibility index (Phi) is 6.99. The third-order valence-corrected chi connectivity index (χ3v) is 3.69. The van der Waals surface area contributed by atoms with E-state index in [0.29, 0.717) is 11.3 Å². The summed E-state index contributed by atoms with van der Waals surface area (Å²) in [6, 6.07) is 8.74. The summed E-state index contributed by atoms with van der Waals surface area (Å²) in [5.41, 5.74) is 2.33. The summed E-state index contributed by atoms with van der Waals surface area (Å²) in [6.45, 7) is 2.17. The lowest BCUT2D eigenvalue weighted by Crippen LogP contribution is -2.34. The number of nitriles is 1. The largest absolute Gasteiger partial charge is 0.331 e. The van der Waals surface area contributed by atoms with E-state index in [1.807, 2.05) is 18.2 Å². The van der Waals surface area contributed by atoms with E-state index in [4.69, 9.17) is 17.5 Å². The lowest BCUT2D eigenvalue weighted by Gasteiger charge is -2.09. The Bertz CT molecular complexity index is 766. The molecule has 0 unspecified atom stereocenters. The van der Waals surface area contributed by atoms with Gasteiger partial charge >= 0.3 is 0 Å². The van der Waals surface area contributed by atoms with Gasteiger partial charge < -0.3 is 5.32 Å². The van der Waals surface area contributed by atoms with Crippen molar-refractivity contribution in [2.45, 2.75) is 32.6 Å². The second kappa shape index (κ2) is 9.45. The fourth-order valence-corrected chi connectivity index (χ4v) is 2.34. The summed E-state index contributed by atoms with van der Waals surface area (Å²) >= 11 is 5.14. The van der Waals surface area contributed by atoms with Crippen molar-refractivity contribution in [1.29, 1.82) is 5.26 Å². The topological polar surface area (TPSA) is 90.7 Å². The molecule has 0 saturated carbocycles. The molecule has 0 fully saturated rings. The van der Waals surface area contributed by atoms with Crippen LogP contribution >= 0.6 is 12.2 Å². The minimum absolute atomic E-state index is 0.176. The molecule has 2 aromatic rings. The first-order chi connectivity index (χ1) is 12.1. The molecule has 2 rings (SSSR count). The number of thiocarbonyl (C=S) groups is 1. The van der Waals surface area contributed by atoms with Crippen LogP contribution in [0.15, 0.2) is 36.7 Å². The minimum atomic E-state index is -0.390. The van der Waals surface area contributed by atoms with Crippen molar-refractivity contribution in [1.82, 2.24) is 15.3 Å². The Balaban J connectivity index is 1.86. The van der Waals surface area contributed by atoms with E-state index in [0.717, 1.165) is 18.5 Å². The molecule has 0 radical (unpaired) electrons. The molecule has 0 saturated heterocycles. The highest BCUT2D eigenvalue weighted by molar-refractivity contribution is 7.80. The van der Waals surface area contributed by atoms with Crippen molar-refractivity contribution in [2.75, 3.05) is 5.32 Å². The van der Waals surface area contributed by atoms with Crippen molar-refractivity contribution >= 4 is 28.9 Å². The average Bonchev–Trinajstić information content (AvgIpc) is 2.63. The number of rotatable bonds is 6. The van der Waals surface area contributed by atoms with Gasteiger partial charge in [-0.25, -0.2) is 4.98 Å². The van der Waals surface area contributed by atoms with Crippen LogP contribution in [0.2, 0.25) is 0 Å². The average molecular weight is 353 g/mol. The van der Waals surface area contributed by atoms with Crippen molar-refractivity contribution in [2.24, 2.45) is 0 Å². The van der Waals surface area contributed by atoms with Crippen LogP contribution in [0.3, 0.4) is 0 Å². The normalized spacial score (nSPS) is 9.92. The Morgan fingerprint density at radius 1 is 1.20 bits per heavy atom. The number of aryl methyl sites for hydroxylation is 1. The van der Waals surface area contributed by atoms with Crippen molar-refractivity contribution in [3.63, 3.8) is 0 Å². The predicted molar refractivity (Wildman–Crippen MR) is 100 cm³/mol. The number of unbranched alkanes of at least 4 members (excludes halogenated alkanes) is 2. The SMILES string of the molecule is CCCCCc1ccc(NC(=S)NC(=O)c2ccc(C#N)nc2)cn1. The number of hydrogen-bond acceptors (Lipinski definition) is 5. The molecule has 2 N–H and O–H groups in total. The van der Waals surface area contributed by atoms with E-state index in [9.17, 15) is 4.79 Å². The molecular formula is C18H19N5OS. The van der Waals surface area contributed by atoms with Crippen LogP contribution in [-0.2, 0) is 6.42 Å². The Labute approximate surface area is 152 Å². The zero-order chi connectivity index (χ0) is 18.1. The summed E-state index contributed by atoms with van der Waals surface area (Å²) in [4.78, 5) is 20.3. The molecule has 6 nitrogen and oxygen atoms in total. The maximum Gasteiger partial charge on any atom is 0.258 e. The zero-order valence-corrected chi connectivity index (χ0v) is 14.8. The molecule has 0 aromatic carbocycles. The number of anilines is 1. The molecule has 0 aliphatic heterocycles. The van der Waals surface area contributed by atoms with Gasteiger partial charge in [0.05, 0.1) is 17.4 Å². The van der Waals surface area contributed by atoms with Gasteiger partial charge in [-0.3, -0.25) is 15.1 Å². The van der Waals surface area contributed by atoms with Crippen LogP contribution in [-0.4, -0.2) is 21.0 Å². The van der Waals surface area contributed by atoms with E-state index in [2.05, 4.69) is 27.5 Å². The quantitative estimate of drug-likeness (QED) is 0.612. The van der Waals surface area contributed by atoms with E-state index < -0.39 is 5.91 Å². The van der Waals surface area contributed by atoms with Crippen LogP contribution in [0.25, 0.3) is 0 Å². The van der Waals surface area contributed by atoms with Crippen LogP contribution in [0.4, 0.5) is 5.69 Å². The molecule has 0 aliphatic rings. The van der Waals surface area contributed by atoms with E-state index in [1.54, 1.807) is 6.20 Å². The highest BCUT2D eigenvalue weighted by atomic mass is 32.1. The van der Waals surface area contributed by atoms with E-state index in [-0.39, 0.29) is 10.8 Å². The van der Waals surface area contributed by atoms with Gasteiger partial charge in [0, 0.05) is 11.9 Å². The molecular weight excluding hydrogens is 334 g/mol. The molecule has 0 spiro atoms. The second-order valence-corrected chi connectivity index (χ2v) is 5.86. The molecule has 128 valence electrons. The smallest absolute Gasteiger partial charge is 0.258 e. The minimum Gasteiger partial charge on any atom is -0.331 e. The van der Waals surface area contributed by atoms with Crippen LogP contribution in [0.1, 0.15) is 47.9 Å². The summed E-state index contributed by atoms with van der Waals surface area (Å²) < 4.78 is 0. The van der Waals surface area contributed by atoms with Crippen molar-refractivity contribution < 1.29 is 4.79 Å². The fourth-order valence-electron chi connectivity index (χ4n) is 2.13. The van der Waals surface area contributed by atoms with Gasteiger partial charge in [-0.1, -0.05) is 19.8 Å². The number of hydrogen-bond donors (Lipinski definition) is 2. The first kappa shape index (κ1) is 18.5. The highest BCUT2D eigenvalue weighted by Crippen LogP contribution is 2.09. The molecule has 2 aromatic heterocycles. The van der Waals surface area contributed by atoms with Crippen molar-refractivity contribution in [3.8, 4) is 6.07 Å². The molecule has 0 aliphatic carbocycles. The summed E-state index contributed by atoms with van der Waals surface area (Å²) in [6.07, 6.45) is 7.50. The van der Waals surface area contributed by atoms with Crippen LogP contribution in [0.5, 0.6) is 0 Å². The molecule has 0 bridgehead atoms. The molecule has 25 heavy (non-hydrogen) atoms. The van der Waals surface area contributed by atoms with Gasteiger partial charge in [0.15, 0.2) is 5.11 Å². The Hall–Kier alpha value is -2.85. The second-order valence-electron chi connectivity index (χ2n) is 5.45. The fraction of sp³-hybridized carbons (Fsp3) is 0.278. The zero-order valence-electron chi connectivity index (χ0n) is 14.0. The maximum absolute atomic E-state index is 12.1. The lowest BCUT2D eigenvalue weighted by molar-refractivity contribution is 0.0977. The predicted octanol–water partition coefficient (Wildman–Crippen LogP) is 3.21. The number of pyridine rings is 2. The lowest BCUT2D eigenvalue weighted by atomic mass is 10.1. The molecule has 2 heterocycles. The summed E-state index contributed by atoms with van der Waals surface area (Å²) in [5, 5.41) is 14.4. The third-order valence-electron chi connectivity index (χ3n) is 3.49. The van der Waals surface area contributed by atoms with Crippen LogP contribution in [0, 0.1) is 11.3 Å². The monoisotopic (exact) mass is 353 g/mol. The van der Waals surface area contributed by atoms with E-state index in [1.165, 1.54) is 31.2 Å². The molecule has 0 atom stereocenters. The number of carbonyl (C=O) groups excluding carboxylic acids is 1. The van der Waals surface area contributed by atoms with Gasteiger partial charge in [0.1, 0.15) is 11.8 Å². The van der Waals surface area contributed by atoms with Crippen LogP contribution < -0.4 is 10.6 Å². The number of aromatic nitrogens is 2. The molecule has 7 heteroatoms. The standard InChI is InChI=1S/C18H19N5OS/c1-2-3-4-5-14-8-9-16(12-21-14)22-18(25)23-17(24)13-6-7-15(10-19)20-11-13/h6-9,11-12H,2-5H2,1H3,(H2,22,23,24,25). The Morgan fingerprint density at radius 3 is 2.64 bits per heavy atom. The number of nitrogens with one attached hydrogen (secondary N) is 2. The van der Waals surface area contributed by atoms with Gasteiger partial charge in [-0.15, -0.1) is 0 Å². The highest BCUT2D eigenvalue weighted by Gasteiger charge is 2.09. The first-order valence-corrected chi connectivity index (χ1v) is 8.46. The van der Waals surface area contributed by atoms with Gasteiger partial charge in [0.25, 0.3) is 5.91 Å². The van der Waals surface area contributed by atoms with Gasteiger partial charge in [0.2, 0.25) is 0 Å². The molecule has 1 amide bonds. The number of carbonyl (C=O) groups is 1. The summed E-state index contributed by atoms with van der Waals surface area (Å²) in [7, 11) is 0. The maximum atomic E-state index is 12.1. The van der Waals surface area contributed by atoms with Gasteiger partial charge in [-0.05, 0) is 49.3 Å². The van der Waals surface area contributed by atoms with Crippen molar-refractivity contribution in [3.05, 3.63) is 53.6 Å². The van der Waals surface area contributed by atoms with E-state index >= 15 is 0 Å². The van der Waals surface area contributed by atoms with Gasteiger partial charge in [-0.2, -0.15) is 5.26 Å². The Morgan fingerprint density at radius 2 is 2.04 bits per heavy atom. The first-order valence-electron chi connectivity index (χ1n) is 8.05.